The highest BCUT2D eigenvalue weighted by Gasteiger charge is 2.08. The highest BCUT2D eigenvalue weighted by atomic mass is 14.1. The summed E-state index contributed by atoms with van der Waals surface area (Å²) in [6.07, 6.45) is 10.6. The summed E-state index contributed by atoms with van der Waals surface area (Å²) in [6, 6.07) is 8.71. The minimum absolute atomic E-state index is 0.177. The van der Waals surface area contributed by atoms with Crippen LogP contribution in [0.4, 0.5) is 0 Å². The van der Waals surface area contributed by atoms with Crippen LogP contribution < -0.4 is 0 Å². The molecule has 2 unspecified atom stereocenters. The van der Waals surface area contributed by atoms with Crippen molar-refractivity contribution in [2.24, 2.45) is 0 Å². The van der Waals surface area contributed by atoms with Crippen LogP contribution in [-0.2, 0) is 0 Å². The molecule has 1 aromatic carbocycles. The highest BCUT2D eigenvalue weighted by Crippen LogP contribution is 2.24. The van der Waals surface area contributed by atoms with Gasteiger partial charge in [-0.2, -0.15) is 0 Å². The smallest absolute Gasteiger partial charge is 0.0462 e. The first-order valence-electron chi connectivity index (χ1n) is 6.25. The maximum Gasteiger partial charge on any atom is 0.0462 e. The summed E-state index contributed by atoms with van der Waals surface area (Å²) in [7, 11) is 0. The zero-order valence-corrected chi connectivity index (χ0v) is 10.6. The number of hydrogen-bond donors (Lipinski definition) is 0. The Kier molecular flexibility index (Phi) is 5.12. The zero-order chi connectivity index (χ0) is 12.0. The molecule has 0 heteroatoms. The fourth-order valence-electron chi connectivity index (χ4n) is 1.90. The lowest BCUT2D eigenvalue weighted by molar-refractivity contribution is 0.722. The van der Waals surface area contributed by atoms with Gasteiger partial charge in [0.1, 0.15) is 0 Å². The molecule has 0 spiro atoms. The molecule has 1 radical (unpaired) electrons. The van der Waals surface area contributed by atoms with Crippen molar-refractivity contribution in [2.45, 2.75) is 51.9 Å². The van der Waals surface area contributed by atoms with Gasteiger partial charge in [-0.25, -0.2) is 0 Å². The Morgan fingerprint density at radius 3 is 2.12 bits per heavy atom. The van der Waals surface area contributed by atoms with E-state index in [0.29, 0.717) is 5.92 Å². The minimum atomic E-state index is 0.177. The van der Waals surface area contributed by atoms with Crippen LogP contribution in [0.25, 0.3) is 0 Å². The van der Waals surface area contributed by atoms with Crippen LogP contribution in [0, 0.1) is 12.3 Å². The van der Waals surface area contributed by atoms with Gasteiger partial charge >= 0.3 is 0 Å². The molecule has 0 saturated heterocycles. The summed E-state index contributed by atoms with van der Waals surface area (Å²) in [5.74, 6) is 3.44. The summed E-state index contributed by atoms with van der Waals surface area (Å²) in [4.78, 5) is 0. The van der Waals surface area contributed by atoms with Gasteiger partial charge in [0.05, 0.1) is 0 Å². The lowest BCUT2D eigenvalue weighted by atomic mass is 9.92. The topological polar surface area (TPSA) is 0 Å². The van der Waals surface area contributed by atoms with Crippen LogP contribution >= 0.6 is 0 Å². The van der Waals surface area contributed by atoms with E-state index < -0.39 is 0 Å². The van der Waals surface area contributed by atoms with Gasteiger partial charge in [0.15, 0.2) is 0 Å². The molecule has 85 valence electrons. The van der Waals surface area contributed by atoms with E-state index in [2.05, 4.69) is 51.0 Å². The van der Waals surface area contributed by atoms with Crippen LogP contribution in [0.5, 0.6) is 0 Å². The fourth-order valence-corrected chi connectivity index (χ4v) is 1.90. The zero-order valence-electron chi connectivity index (χ0n) is 10.6. The molecule has 0 saturated carbocycles. The number of hydrogen-bond acceptors (Lipinski definition) is 0. The first-order valence-corrected chi connectivity index (χ1v) is 6.25. The Hall–Kier alpha value is -1.22. The lowest BCUT2D eigenvalue weighted by Gasteiger charge is -2.13. The molecule has 1 aromatic rings. The first-order chi connectivity index (χ1) is 7.72. The predicted molar refractivity (Wildman–Crippen MR) is 69.9 cm³/mol. The van der Waals surface area contributed by atoms with Crippen molar-refractivity contribution in [3.05, 3.63) is 41.8 Å². The van der Waals surface area contributed by atoms with Gasteiger partial charge < -0.3 is 0 Å². The quantitative estimate of drug-likeness (QED) is 0.623. The van der Waals surface area contributed by atoms with Gasteiger partial charge in [0.25, 0.3) is 0 Å². The van der Waals surface area contributed by atoms with E-state index >= 15 is 0 Å². The minimum Gasteiger partial charge on any atom is -0.0809 e. The molecular weight excluding hydrogens is 192 g/mol. The van der Waals surface area contributed by atoms with E-state index in [1.807, 2.05) is 0 Å². The summed E-state index contributed by atoms with van der Waals surface area (Å²) in [6.45, 7) is 6.61. The van der Waals surface area contributed by atoms with E-state index in [0.717, 1.165) is 12.8 Å². The predicted octanol–water partition coefficient (Wildman–Crippen LogP) is 4.67. The van der Waals surface area contributed by atoms with Crippen molar-refractivity contribution in [1.82, 2.24) is 0 Å². The van der Waals surface area contributed by atoms with Crippen molar-refractivity contribution in [3.63, 3.8) is 0 Å². The third-order valence-corrected chi connectivity index (χ3v) is 3.27. The van der Waals surface area contributed by atoms with Crippen LogP contribution in [0.15, 0.2) is 24.3 Å². The number of benzene rings is 1. The normalized spacial score (nSPS) is 14.1. The van der Waals surface area contributed by atoms with E-state index in [-0.39, 0.29) is 5.92 Å². The standard InChI is InChI=1S/C16H21/c1-5-8-14(7-3)16-11-9-15(10-12-16)13(4)6-2/h9-14H,5-6,8H2,1-2,4H3. The second kappa shape index (κ2) is 6.38. The maximum absolute atomic E-state index is 7.33. The van der Waals surface area contributed by atoms with E-state index in [1.165, 1.54) is 17.5 Å². The number of rotatable bonds is 5. The van der Waals surface area contributed by atoms with E-state index in [4.69, 9.17) is 6.42 Å². The molecule has 2 atom stereocenters. The summed E-state index contributed by atoms with van der Waals surface area (Å²) in [5, 5.41) is 0. The Morgan fingerprint density at radius 1 is 1.12 bits per heavy atom. The average molecular weight is 213 g/mol. The molecule has 1 rings (SSSR count). The van der Waals surface area contributed by atoms with Gasteiger partial charge in [-0.1, -0.05) is 57.4 Å². The van der Waals surface area contributed by atoms with Crippen molar-refractivity contribution >= 4 is 0 Å². The third kappa shape index (κ3) is 3.14. The molecule has 0 aliphatic rings. The summed E-state index contributed by atoms with van der Waals surface area (Å²) < 4.78 is 0. The third-order valence-electron chi connectivity index (χ3n) is 3.27. The molecule has 0 aliphatic carbocycles. The van der Waals surface area contributed by atoms with Crippen molar-refractivity contribution < 1.29 is 0 Å². The molecule has 0 heterocycles. The molecule has 0 nitrogen and oxygen atoms in total. The molecule has 0 bridgehead atoms. The van der Waals surface area contributed by atoms with Gasteiger partial charge in [0.2, 0.25) is 0 Å². The van der Waals surface area contributed by atoms with Crippen LogP contribution in [0.1, 0.15) is 63.0 Å². The Bertz CT molecular complexity index is 339. The first kappa shape index (κ1) is 12.8. The SMILES string of the molecule is [C]#CC(CCC)c1ccc(C(C)CC)cc1. The molecule has 0 aliphatic heterocycles. The van der Waals surface area contributed by atoms with Gasteiger partial charge in [-0.3, -0.25) is 0 Å². The van der Waals surface area contributed by atoms with Crippen molar-refractivity contribution in [1.29, 1.82) is 0 Å². The molecular formula is C16H21. The Morgan fingerprint density at radius 2 is 1.69 bits per heavy atom. The van der Waals surface area contributed by atoms with Gasteiger partial charge in [-0.15, -0.1) is 0 Å². The van der Waals surface area contributed by atoms with Crippen LogP contribution in [0.2, 0.25) is 0 Å². The molecule has 0 aromatic heterocycles. The Balaban J connectivity index is 2.81. The molecule has 0 N–H and O–H groups in total. The molecule has 0 fully saturated rings. The highest BCUT2D eigenvalue weighted by molar-refractivity contribution is 5.30. The van der Waals surface area contributed by atoms with Gasteiger partial charge in [-0.05, 0) is 36.3 Å². The van der Waals surface area contributed by atoms with Gasteiger partial charge in [0, 0.05) is 5.92 Å². The monoisotopic (exact) mass is 213 g/mol. The second-order valence-electron chi connectivity index (χ2n) is 4.46. The van der Waals surface area contributed by atoms with Crippen molar-refractivity contribution in [2.75, 3.05) is 0 Å². The summed E-state index contributed by atoms with van der Waals surface area (Å²) in [5.41, 5.74) is 2.62. The Labute approximate surface area is 100 Å². The van der Waals surface area contributed by atoms with Crippen LogP contribution in [-0.4, -0.2) is 0 Å². The lowest BCUT2D eigenvalue weighted by Crippen LogP contribution is -1.97. The fraction of sp³-hybridized carbons (Fsp3) is 0.500. The van der Waals surface area contributed by atoms with Crippen LogP contribution in [0.3, 0.4) is 0 Å². The average Bonchev–Trinajstić information content (AvgIpc) is 2.35. The molecule has 0 amide bonds. The largest absolute Gasteiger partial charge is 0.0809 e. The van der Waals surface area contributed by atoms with E-state index in [9.17, 15) is 0 Å². The van der Waals surface area contributed by atoms with E-state index in [1.54, 1.807) is 0 Å². The second-order valence-corrected chi connectivity index (χ2v) is 4.46. The molecule has 16 heavy (non-hydrogen) atoms. The maximum atomic E-state index is 7.33. The summed E-state index contributed by atoms with van der Waals surface area (Å²) >= 11 is 0. The van der Waals surface area contributed by atoms with Crippen molar-refractivity contribution in [3.8, 4) is 5.92 Å².